The minimum absolute atomic E-state index is 0.199. The molecule has 0 bridgehead atoms. The summed E-state index contributed by atoms with van der Waals surface area (Å²) >= 11 is 1.70. The van der Waals surface area contributed by atoms with Crippen molar-refractivity contribution >= 4 is 23.2 Å². The summed E-state index contributed by atoms with van der Waals surface area (Å²) < 4.78 is 9.51. The monoisotopic (exact) mass is 906 g/mol. The number of oxazole rings is 1. The van der Waals surface area contributed by atoms with Crippen molar-refractivity contribution in [3.63, 3.8) is 0 Å². The van der Waals surface area contributed by atoms with E-state index in [2.05, 4.69) is 61.1 Å². The van der Waals surface area contributed by atoms with Gasteiger partial charge in [-0.1, -0.05) is 12.1 Å². The Morgan fingerprint density at radius 1 is 0.576 bits per heavy atom. The highest BCUT2D eigenvalue weighted by molar-refractivity contribution is 7.15. The molecule has 1 unspecified atom stereocenters. The molecule has 8 aromatic heterocycles. The molecular weight excluding hydrogens is 853 g/mol. The Balaban J connectivity index is 0.000000166. The highest BCUT2D eigenvalue weighted by atomic mass is 32.1. The van der Waals surface area contributed by atoms with Crippen LogP contribution in [0.4, 0.5) is 11.9 Å². The van der Waals surface area contributed by atoms with Crippen LogP contribution in [0.15, 0.2) is 103 Å². The van der Waals surface area contributed by atoms with Gasteiger partial charge in [0.25, 0.3) is 0 Å². The molecule has 2 aliphatic carbocycles. The molecule has 2 saturated carbocycles. The van der Waals surface area contributed by atoms with Gasteiger partial charge in [-0.05, 0) is 102 Å². The zero-order valence-electron chi connectivity index (χ0n) is 37.9. The first-order chi connectivity index (χ1) is 31.4. The first-order valence-electron chi connectivity index (χ1n) is 22.0. The van der Waals surface area contributed by atoms with Crippen LogP contribution < -0.4 is 11.5 Å². The largest absolute Gasteiger partial charge is 0.447 e. The fraction of sp³-hybridized carbons (Fsp3) is 0.375. The fourth-order valence-corrected chi connectivity index (χ4v) is 9.46. The smallest absolute Gasteiger partial charge is 0.219 e. The van der Waals surface area contributed by atoms with Gasteiger partial charge in [-0.15, -0.1) is 11.3 Å². The lowest BCUT2D eigenvalue weighted by Crippen LogP contribution is -2.27. The maximum absolute atomic E-state index is 10.1. The van der Waals surface area contributed by atoms with Crippen molar-refractivity contribution in [2.75, 3.05) is 11.5 Å². The molecule has 0 saturated heterocycles. The van der Waals surface area contributed by atoms with Gasteiger partial charge in [0, 0.05) is 83.4 Å². The van der Waals surface area contributed by atoms with Gasteiger partial charge in [0.15, 0.2) is 0 Å². The predicted octanol–water partition coefficient (Wildman–Crippen LogP) is 7.39. The molecule has 10 rings (SSSR count). The minimum atomic E-state index is -0.847. The third kappa shape index (κ3) is 9.61. The van der Waals surface area contributed by atoms with Crippen LogP contribution in [0.25, 0.3) is 44.2 Å². The maximum Gasteiger partial charge on any atom is 0.219 e. The summed E-state index contributed by atoms with van der Waals surface area (Å²) in [5.41, 5.74) is 17.0. The topological polar surface area (TPSA) is 244 Å². The van der Waals surface area contributed by atoms with Gasteiger partial charge >= 0.3 is 0 Å². The van der Waals surface area contributed by atoms with E-state index in [0.29, 0.717) is 30.8 Å². The van der Waals surface area contributed by atoms with E-state index in [1.54, 1.807) is 85.6 Å². The van der Waals surface area contributed by atoms with Crippen molar-refractivity contribution in [3.05, 3.63) is 121 Å². The molecule has 18 heteroatoms. The Morgan fingerprint density at radius 3 is 1.55 bits per heavy atom. The van der Waals surface area contributed by atoms with E-state index in [9.17, 15) is 10.2 Å². The lowest BCUT2D eigenvalue weighted by atomic mass is 9.78. The number of hydrogen-bond donors (Lipinski definition) is 4. The van der Waals surface area contributed by atoms with Crippen molar-refractivity contribution in [2.24, 2.45) is 11.8 Å². The summed E-state index contributed by atoms with van der Waals surface area (Å²) in [6.45, 7) is 12.3. The molecule has 0 amide bonds. The lowest BCUT2D eigenvalue weighted by molar-refractivity contribution is 0.0571. The molecule has 6 N–H and O–H groups in total. The zero-order chi connectivity index (χ0) is 46.4. The molecule has 2 fully saturated rings. The molecule has 2 atom stereocenters. The van der Waals surface area contributed by atoms with Crippen LogP contribution in [0, 0.1) is 11.8 Å². The highest BCUT2D eigenvalue weighted by Crippen LogP contribution is 2.53. The van der Waals surface area contributed by atoms with Crippen molar-refractivity contribution in [2.45, 2.75) is 102 Å². The SMILES string of the molecule is CC(C)(O)Cn1cc(-c2cnc(C(C)(c3ccc(-c4cnc(N)nc4)nc3)C3CC3)s2)cn1.CC(C)(O)Cn1cc(-c2coc([C@](C)(c3ccc(-c4cnc(N)nc4)nc3)C3CC3)n2)cn1. The van der Waals surface area contributed by atoms with Gasteiger partial charge in [-0.25, -0.2) is 29.9 Å². The van der Waals surface area contributed by atoms with Gasteiger partial charge in [0.2, 0.25) is 17.8 Å². The third-order valence-electron chi connectivity index (χ3n) is 12.3. The molecule has 340 valence electrons. The van der Waals surface area contributed by atoms with Crippen LogP contribution in [-0.2, 0) is 23.9 Å². The van der Waals surface area contributed by atoms with Crippen LogP contribution in [0.3, 0.4) is 0 Å². The van der Waals surface area contributed by atoms with Crippen LogP contribution in [0.5, 0.6) is 0 Å². The van der Waals surface area contributed by atoms with Crippen molar-refractivity contribution in [1.82, 2.24) is 59.4 Å². The predicted molar refractivity (Wildman–Crippen MR) is 251 cm³/mol. The molecule has 2 aliphatic rings. The number of nitrogen functional groups attached to an aromatic ring is 2. The van der Waals surface area contributed by atoms with Crippen LogP contribution >= 0.6 is 11.3 Å². The van der Waals surface area contributed by atoms with Gasteiger partial charge in [-0.3, -0.25) is 19.3 Å². The van der Waals surface area contributed by atoms with E-state index in [1.165, 1.54) is 12.8 Å². The number of aromatic nitrogens is 12. The number of thiazole rings is 1. The number of anilines is 2. The van der Waals surface area contributed by atoms with E-state index < -0.39 is 11.2 Å². The molecule has 0 spiro atoms. The summed E-state index contributed by atoms with van der Waals surface area (Å²) in [5, 5.41) is 30.0. The Bertz CT molecular complexity index is 2710. The molecule has 8 heterocycles. The van der Waals surface area contributed by atoms with Gasteiger partial charge < -0.3 is 26.1 Å². The second-order valence-electron chi connectivity index (χ2n) is 19.0. The molecule has 17 nitrogen and oxygen atoms in total. The summed E-state index contributed by atoms with van der Waals surface area (Å²) in [6.07, 6.45) is 26.2. The van der Waals surface area contributed by atoms with Crippen LogP contribution in [-0.4, -0.2) is 80.8 Å². The third-order valence-corrected chi connectivity index (χ3v) is 13.6. The Kier molecular flexibility index (Phi) is 11.6. The summed E-state index contributed by atoms with van der Waals surface area (Å²) in [6, 6.07) is 8.19. The Morgan fingerprint density at radius 2 is 1.06 bits per heavy atom. The average Bonchev–Trinajstić information content (AvgIpc) is 4.08. The highest BCUT2D eigenvalue weighted by Gasteiger charge is 2.48. The Labute approximate surface area is 386 Å². The molecule has 66 heavy (non-hydrogen) atoms. The van der Waals surface area contributed by atoms with E-state index in [-0.39, 0.29) is 22.7 Å². The van der Waals surface area contributed by atoms with Gasteiger partial charge in [0.1, 0.15) is 17.0 Å². The Hall–Kier alpha value is -6.76. The van der Waals surface area contributed by atoms with Crippen molar-refractivity contribution in [1.29, 1.82) is 0 Å². The first kappa shape index (κ1) is 44.4. The number of nitrogens with zero attached hydrogens (tertiary/aromatic N) is 12. The molecule has 0 aliphatic heterocycles. The normalized spacial score (nSPS) is 16.0. The summed E-state index contributed by atoms with van der Waals surface area (Å²) in [4.78, 5) is 36.3. The second-order valence-corrected chi connectivity index (χ2v) is 20.1. The summed E-state index contributed by atoms with van der Waals surface area (Å²) in [7, 11) is 0. The van der Waals surface area contributed by atoms with Crippen LogP contribution in [0.1, 0.15) is 89.3 Å². The van der Waals surface area contributed by atoms with E-state index >= 15 is 0 Å². The maximum atomic E-state index is 10.1. The van der Waals surface area contributed by atoms with E-state index in [0.717, 1.165) is 73.2 Å². The van der Waals surface area contributed by atoms with Gasteiger partial charge in [0.05, 0.1) is 58.4 Å². The lowest BCUT2D eigenvalue weighted by Gasteiger charge is -2.28. The number of nitrogens with two attached hydrogens (primary N) is 2. The molecule has 0 aromatic carbocycles. The van der Waals surface area contributed by atoms with E-state index in [1.807, 2.05) is 49.3 Å². The number of hydrogen-bond acceptors (Lipinski definition) is 16. The quantitative estimate of drug-likeness (QED) is 0.0831. The fourth-order valence-electron chi connectivity index (χ4n) is 8.32. The zero-order valence-corrected chi connectivity index (χ0v) is 38.7. The minimum Gasteiger partial charge on any atom is -0.447 e. The number of rotatable bonds is 14. The second kappa shape index (κ2) is 17.2. The summed E-state index contributed by atoms with van der Waals surface area (Å²) in [5.74, 6) is 2.14. The standard InChI is InChI=1S/C24H27N7O2.C24H27N7OS/c1-23(2,32)14-31-12-16(10-29-31)20-13-33-21(30-20)24(3,17-4-5-17)18-6-7-19(26-11-18)15-8-27-22(25)28-9-15;1-23(2,32)14-31-13-16(10-30-31)20-12-27-21(33-20)24(3,17-4-5-17)18-6-7-19(26-11-18)15-8-28-22(25)29-9-15/h6-13,17,32H,4-5,14H2,1-3H3,(H2,25,27,28);6-13,17,32H,4-5,14H2,1-3H3,(H2,25,28,29)/t24-;/m0./s1. The first-order valence-corrected chi connectivity index (χ1v) is 22.8. The van der Waals surface area contributed by atoms with Crippen LogP contribution in [0.2, 0.25) is 0 Å². The van der Waals surface area contributed by atoms with Crippen molar-refractivity contribution < 1.29 is 14.6 Å². The molecule has 8 aromatic rings. The average molecular weight is 907 g/mol. The molecule has 0 radical (unpaired) electrons. The van der Waals surface area contributed by atoms with E-state index in [4.69, 9.17) is 30.8 Å². The van der Waals surface area contributed by atoms with Crippen molar-refractivity contribution in [3.8, 4) is 44.2 Å². The number of aliphatic hydroxyl groups is 2. The molecular formula is C48H54N14O3S. The number of pyridine rings is 2. The van der Waals surface area contributed by atoms with Gasteiger partial charge in [-0.2, -0.15) is 10.2 Å².